The summed E-state index contributed by atoms with van der Waals surface area (Å²) in [6.45, 7) is 3.94. The highest BCUT2D eigenvalue weighted by molar-refractivity contribution is 8.18. The van der Waals surface area contributed by atoms with Gasteiger partial charge in [-0.3, -0.25) is 14.7 Å². The smallest absolute Gasteiger partial charge is 0.339 e. The number of carboxylic acid groups (broad SMARTS) is 1. The molecule has 27 heavy (non-hydrogen) atoms. The van der Waals surface area contributed by atoms with Gasteiger partial charge < -0.3 is 10.2 Å². The number of rotatable bonds is 5. The fourth-order valence-corrected chi connectivity index (χ4v) is 3.38. The molecule has 0 bridgehead atoms. The van der Waals surface area contributed by atoms with Crippen LogP contribution in [0.1, 0.15) is 15.9 Å². The predicted octanol–water partition coefficient (Wildman–Crippen LogP) is 3.28. The third-order valence-electron chi connectivity index (χ3n) is 3.64. The SMILES string of the molecule is C=CCN1C(=O)/C(=C/c2ccncc2)SC1=Nc1ccc(C(=O)O)c(O)c1. The van der Waals surface area contributed by atoms with E-state index in [0.29, 0.717) is 15.8 Å². The van der Waals surface area contributed by atoms with Crippen LogP contribution in [-0.2, 0) is 4.79 Å². The Morgan fingerprint density at radius 3 is 2.67 bits per heavy atom. The van der Waals surface area contributed by atoms with Crippen LogP contribution in [-0.4, -0.2) is 43.7 Å². The maximum absolute atomic E-state index is 12.7. The van der Waals surface area contributed by atoms with Crippen molar-refractivity contribution in [3.8, 4) is 5.75 Å². The zero-order valence-corrected chi connectivity index (χ0v) is 14.9. The molecule has 1 amide bonds. The van der Waals surface area contributed by atoms with Crippen molar-refractivity contribution in [1.82, 2.24) is 9.88 Å². The van der Waals surface area contributed by atoms with E-state index in [1.165, 1.54) is 34.9 Å². The molecular formula is C19H15N3O4S. The van der Waals surface area contributed by atoms with Gasteiger partial charge in [0, 0.05) is 25.0 Å². The average Bonchev–Trinajstić information content (AvgIpc) is 2.91. The lowest BCUT2D eigenvalue weighted by molar-refractivity contribution is -0.121. The lowest BCUT2D eigenvalue weighted by atomic mass is 10.2. The van der Waals surface area contributed by atoms with Crippen molar-refractivity contribution < 1.29 is 19.8 Å². The lowest BCUT2D eigenvalue weighted by Crippen LogP contribution is -2.29. The van der Waals surface area contributed by atoms with E-state index in [-0.39, 0.29) is 23.8 Å². The zero-order chi connectivity index (χ0) is 19.4. The number of aromatic nitrogens is 1. The Bertz CT molecular complexity index is 970. The first-order valence-electron chi connectivity index (χ1n) is 7.87. The minimum absolute atomic E-state index is 0.207. The topological polar surface area (TPSA) is 103 Å². The van der Waals surface area contributed by atoms with E-state index in [9.17, 15) is 14.7 Å². The van der Waals surface area contributed by atoms with Crippen molar-refractivity contribution in [2.45, 2.75) is 0 Å². The van der Waals surface area contributed by atoms with E-state index in [2.05, 4.69) is 16.6 Å². The van der Waals surface area contributed by atoms with Gasteiger partial charge in [-0.05, 0) is 47.7 Å². The van der Waals surface area contributed by atoms with Gasteiger partial charge in [-0.1, -0.05) is 6.08 Å². The molecule has 136 valence electrons. The molecule has 3 rings (SSSR count). The molecule has 0 radical (unpaired) electrons. The number of thioether (sulfide) groups is 1. The molecule has 7 nitrogen and oxygen atoms in total. The Kier molecular flexibility index (Phi) is 5.37. The molecule has 0 atom stereocenters. The minimum Gasteiger partial charge on any atom is -0.507 e. The number of nitrogens with zero attached hydrogens (tertiary/aromatic N) is 3. The summed E-state index contributed by atoms with van der Waals surface area (Å²) in [5.41, 5.74) is 0.964. The molecule has 0 aliphatic carbocycles. The largest absolute Gasteiger partial charge is 0.507 e. The number of carbonyl (C=O) groups excluding carboxylic acids is 1. The number of benzene rings is 1. The van der Waals surface area contributed by atoms with Gasteiger partial charge in [-0.2, -0.15) is 0 Å². The summed E-state index contributed by atoms with van der Waals surface area (Å²) < 4.78 is 0. The van der Waals surface area contributed by atoms with Gasteiger partial charge >= 0.3 is 5.97 Å². The quantitative estimate of drug-likeness (QED) is 0.609. The van der Waals surface area contributed by atoms with E-state index in [0.717, 1.165) is 5.56 Å². The Morgan fingerprint density at radius 2 is 2.04 bits per heavy atom. The summed E-state index contributed by atoms with van der Waals surface area (Å²) in [5.74, 6) is -1.82. The van der Waals surface area contributed by atoms with Crippen LogP contribution < -0.4 is 0 Å². The Morgan fingerprint density at radius 1 is 1.30 bits per heavy atom. The van der Waals surface area contributed by atoms with Crippen molar-refractivity contribution in [2.24, 2.45) is 4.99 Å². The summed E-state index contributed by atoms with van der Waals surface area (Å²) in [4.78, 5) is 34.0. The molecule has 2 heterocycles. The highest BCUT2D eigenvalue weighted by Gasteiger charge is 2.32. The normalized spacial score (nSPS) is 16.9. The maximum atomic E-state index is 12.7. The van der Waals surface area contributed by atoms with Gasteiger partial charge in [0.2, 0.25) is 0 Å². The lowest BCUT2D eigenvalue weighted by Gasteiger charge is -2.12. The Hall–Kier alpha value is -3.39. The third kappa shape index (κ3) is 4.06. The Balaban J connectivity index is 1.96. The van der Waals surface area contributed by atoms with E-state index in [4.69, 9.17) is 5.11 Å². The summed E-state index contributed by atoms with van der Waals surface area (Å²) in [7, 11) is 0. The third-order valence-corrected chi connectivity index (χ3v) is 4.65. The number of hydrogen-bond acceptors (Lipinski definition) is 6. The number of amides is 1. The van der Waals surface area contributed by atoms with Crippen LogP contribution in [0, 0.1) is 0 Å². The maximum Gasteiger partial charge on any atom is 0.339 e. The van der Waals surface area contributed by atoms with Crippen molar-refractivity contribution >= 4 is 40.6 Å². The van der Waals surface area contributed by atoms with Crippen molar-refractivity contribution in [3.63, 3.8) is 0 Å². The highest BCUT2D eigenvalue weighted by atomic mass is 32.2. The number of phenols is 1. The van der Waals surface area contributed by atoms with Crippen molar-refractivity contribution in [3.05, 3.63) is 71.4 Å². The van der Waals surface area contributed by atoms with Gasteiger partial charge in [0.15, 0.2) is 5.17 Å². The molecule has 1 aromatic carbocycles. The number of carbonyl (C=O) groups is 2. The van der Waals surface area contributed by atoms with Gasteiger partial charge in [0.25, 0.3) is 5.91 Å². The molecule has 2 aromatic rings. The number of aromatic carboxylic acids is 1. The second kappa shape index (κ2) is 7.88. The summed E-state index contributed by atoms with van der Waals surface area (Å²) in [6, 6.07) is 7.56. The number of pyridine rings is 1. The first kappa shape index (κ1) is 18.4. The standard InChI is InChI=1S/C19H15N3O4S/c1-2-9-22-17(24)16(10-12-5-7-20-8-6-12)27-19(22)21-13-3-4-14(18(25)26)15(23)11-13/h2-8,10-11,23H,1,9H2,(H,25,26)/b16-10-,21-19?. The van der Waals surface area contributed by atoms with E-state index >= 15 is 0 Å². The van der Waals surface area contributed by atoms with Crippen LogP contribution in [0.5, 0.6) is 5.75 Å². The number of aliphatic imine (C=N–C) groups is 1. The fraction of sp³-hybridized carbons (Fsp3) is 0.0526. The summed E-state index contributed by atoms with van der Waals surface area (Å²) in [5, 5.41) is 19.2. The first-order valence-corrected chi connectivity index (χ1v) is 8.68. The summed E-state index contributed by atoms with van der Waals surface area (Å²) >= 11 is 1.19. The molecule has 1 fully saturated rings. The predicted molar refractivity (Wildman–Crippen MR) is 104 cm³/mol. The van der Waals surface area contributed by atoms with E-state index in [1.54, 1.807) is 36.7 Å². The minimum atomic E-state index is -1.23. The van der Waals surface area contributed by atoms with Gasteiger partial charge in [0.05, 0.1) is 10.6 Å². The van der Waals surface area contributed by atoms with E-state index in [1.807, 2.05) is 0 Å². The zero-order valence-electron chi connectivity index (χ0n) is 14.1. The second-order valence-corrected chi connectivity index (χ2v) is 6.51. The summed E-state index contributed by atoms with van der Waals surface area (Å²) in [6.07, 6.45) is 6.62. The molecular weight excluding hydrogens is 366 g/mol. The van der Waals surface area contributed by atoms with Crippen LogP contribution in [0.3, 0.4) is 0 Å². The van der Waals surface area contributed by atoms with Gasteiger partial charge in [0.1, 0.15) is 11.3 Å². The Labute approximate surface area is 159 Å². The molecule has 8 heteroatoms. The van der Waals surface area contributed by atoms with Crippen LogP contribution in [0.15, 0.2) is 65.3 Å². The number of hydrogen-bond donors (Lipinski definition) is 2. The molecule has 0 spiro atoms. The van der Waals surface area contributed by atoms with E-state index < -0.39 is 5.97 Å². The van der Waals surface area contributed by atoms with Crippen LogP contribution in [0.4, 0.5) is 5.69 Å². The monoisotopic (exact) mass is 381 g/mol. The van der Waals surface area contributed by atoms with Crippen molar-refractivity contribution in [2.75, 3.05) is 6.54 Å². The molecule has 1 aliphatic rings. The number of aromatic hydroxyl groups is 1. The molecule has 2 N–H and O–H groups in total. The van der Waals surface area contributed by atoms with Gasteiger partial charge in [-0.25, -0.2) is 9.79 Å². The number of carboxylic acids is 1. The molecule has 1 saturated heterocycles. The first-order chi connectivity index (χ1) is 13.0. The van der Waals surface area contributed by atoms with Crippen LogP contribution in [0.2, 0.25) is 0 Å². The molecule has 0 saturated carbocycles. The fourth-order valence-electron chi connectivity index (χ4n) is 2.37. The molecule has 1 aromatic heterocycles. The molecule has 1 aliphatic heterocycles. The highest BCUT2D eigenvalue weighted by Crippen LogP contribution is 2.35. The molecule has 0 unspecified atom stereocenters. The van der Waals surface area contributed by atoms with Crippen LogP contribution >= 0.6 is 11.8 Å². The van der Waals surface area contributed by atoms with Crippen LogP contribution in [0.25, 0.3) is 6.08 Å². The second-order valence-electron chi connectivity index (χ2n) is 5.50. The van der Waals surface area contributed by atoms with Gasteiger partial charge in [-0.15, -0.1) is 6.58 Å². The number of amidine groups is 1. The average molecular weight is 381 g/mol. The van der Waals surface area contributed by atoms with Crippen molar-refractivity contribution in [1.29, 1.82) is 0 Å².